The van der Waals surface area contributed by atoms with E-state index in [4.69, 9.17) is 9.52 Å². The molecule has 1 aromatic carbocycles. The molecule has 0 unspecified atom stereocenters. The van der Waals surface area contributed by atoms with Crippen molar-refractivity contribution in [3.63, 3.8) is 0 Å². The first-order chi connectivity index (χ1) is 8.66. The maximum Gasteiger partial charge on any atom is 0.323 e. The van der Waals surface area contributed by atoms with Gasteiger partial charge < -0.3 is 14.4 Å². The largest absolute Gasteiger partial charge is 0.480 e. The molecule has 0 radical (unpaired) electrons. The van der Waals surface area contributed by atoms with Crippen LogP contribution in [-0.4, -0.2) is 17.6 Å². The highest BCUT2D eigenvalue weighted by Crippen LogP contribution is 2.18. The molecule has 1 N–H and O–H groups in total. The lowest BCUT2D eigenvalue weighted by atomic mass is 10.2. The number of para-hydroxylation sites is 1. The number of carboxylic acid groups (broad SMARTS) is 1. The number of rotatable bonds is 5. The minimum Gasteiger partial charge on any atom is -0.480 e. The normalized spacial score (nSPS) is 10.3. The number of aryl methyl sites for hydroxylation is 1. The van der Waals surface area contributed by atoms with Gasteiger partial charge in [0.25, 0.3) is 0 Å². The molecule has 0 aliphatic rings. The second-order valence-corrected chi connectivity index (χ2v) is 4.11. The van der Waals surface area contributed by atoms with Gasteiger partial charge in [0.05, 0.1) is 12.8 Å². The summed E-state index contributed by atoms with van der Waals surface area (Å²) < 4.78 is 5.36. The predicted molar refractivity (Wildman–Crippen MR) is 68.6 cm³/mol. The van der Waals surface area contributed by atoms with Gasteiger partial charge >= 0.3 is 5.97 Å². The highest BCUT2D eigenvalue weighted by Gasteiger charge is 2.13. The molecular weight excluding hydrogens is 230 g/mol. The van der Waals surface area contributed by atoms with Gasteiger partial charge in [-0.3, -0.25) is 4.79 Å². The molecule has 0 fully saturated rings. The number of aliphatic carboxylic acids is 1. The Hall–Kier alpha value is -2.23. The van der Waals surface area contributed by atoms with Crippen molar-refractivity contribution in [2.75, 3.05) is 11.4 Å². The highest BCUT2D eigenvalue weighted by atomic mass is 16.4. The Morgan fingerprint density at radius 2 is 2.00 bits per heavy atom. The van der Waals surface area contributed by atoms with E-state index in [0.717, 1.165) is 17.0 Å². The molecule has 0 saturated carbocycles. The summed E-state index contributed by atoms with van der Waals surface area (Å²) in [5.41, 5.74) is 1.90. The van der Waals surface area contributed by atoms with Crippen molar-refractivity contribution in [1.29, 1.82) is 0 Å². The third-order valence-corrected chi connectivity index (χ3v) is 2.75. The average Bonchev–Trinajstić information content (AvgIpc) is 2.75. The van der Waals surface area contributed by atoms with Crippen LogP contribution in [0.5, 0.6) is 0 Å². The second-order valence-electron chi connectivity index (χ2n) is 4.11. The summed E-state index contributed by atoms with van der Waals surface area (Å²) in [5.74, 6) is -0.0665. The summed E-state index contributed by atoms with van der Waals surface area (Å²) in [6.45, 7) is 2.35. The minimum absolute atomic E-state index is 0.0514. The zero-order valence-corrected chi connectivity index (χ0v) is 10.2. The van der Waals surface area contributed by atoms with Gasteiger partial charge in [0.2, 0.25) is 0 Å². The summed E-state index contributed by atoms with van der Waals surface area (Å²) >= 11 is 0. The van der Waals surface area contributed by atoms with Crippen LogP contribution in [0, 0.1) is 6.92 Å². The summed E-state index contributed by atoms with van der Waals surface area (Å²) in [6.07, 6.45) is 1.62. The molecule has 2 aromatic rings. The number of carbonyl (C=O) groups is 1. The number of nitrogens with zero attached hydrogens (tertiary/aromatic N) is 1. The Labute approximate surface area is 105 Å². The Bertz CT molecular complexity index is 519. The molecule has 1 aromatic heterocycles. The minimum atomic E-state index is -0.858. The fraction of sp³-hybridized carbons (Fsp3) is 0.214. The van der Waals surface area contributed by atoms with Gasteiger partial charge in [-0.05, 0) is 30.7 Å². The van der Waals surface area contributed by atoms with Crippen LogP contribution in [-0.2, 0) is 11.3 Å². The molecule has 0 spiro atoms. The van der Waals surface area contributed by atoms with Crippen molar-refractivity contribution in [1.82, 2.24) is 0 Å². The van der Waals surface area contributed by atoms with Crippen molar-refractivity contribution < 1.29 is 14.3 Å². The monoisotopic (exact) mass is 245 g/mol. The average molecular weight is 245 g/mol. The molecule has 0 saturated heterocycles. The predicted octanol–water partition coefficient (Wildman–Crippen LogP) is 2.68. The number of furan rings is 1. The van der Waals surface area contributed by atoms with Gasteiger partial charge in [-0.15, -0.1) is 0 Å². The lowest BCUT2D eigenvalue weighted by Gasteiger charge is -2.22. The van der Waals surface area contributed by atoms with E-state index in [0.29, 0.717) is 6.54 Å². The molecule has 18 heavy (non-hydrogen) atoms. The fourth-order valence-electron chi connectivity index (χ4n) is 1.78. The molecule has 2 rings (SSSR count). The molecule has 0 aliphatic carbocycles. The molecule has 94 valence electrons. The standard InChI is InChI=1S/C14H15NO3/c1-11-7-8-18-13(11)9-15(10-14(16)17)12-5-3-2-4-6-12/h2-8H,9-10H2,1H3,(H,16,17). The van der Waals surface area contributed by atoms with Crippen LogP contribution in [0.2, 0.25) is 0 Å². The van der Waals surface area contributed by atoms with Gasteiger partial charge in [-0.1, -0.05) is 18.2 Å². The Balaban J connectivity index is 2.21. The van der Waals surface area contributed by atoms with E-state index in [1.807, 2.05) is 43.3 Å². The quantitative estimate of drug-likeness (QED) is 0.879. The lowest BCUT2D eigenvalue weighted by Crippen LogP contribution is -2.29. The number of carboxylic acids is 1. The zero-order chi connectivity index (χ0) is 13.0. The van der Waals surface area contributed by atoms with E-state index < -0.39 is 5.97 Å². The van der Waals surface area contributed by atoms with Gasteiger partial charge in [0.15, 0.2) is 0 Å². The van der Waals surface area contributed by atoms with E-state index in [-0.39, 0.29) is 6.54 Å². The van der Waals surface area contributed by atoms with Crippen molar-refractivity contribution in [2.24, 2.45) is 0 Å². The van der Waals surface area contributed by atoms with Gasteiger partial charge in [0, 0.05) is 5.69 Å². The molecule has 0 aliphatic heterocycles. The van der Waals surface area contributed by atoms with Gasteiger partial charge in [-0.2, -0.15) is 0 Å². The number of hydrogen-bond acceptors (Lipinski definition) is 3. The topological polar surface area (TPSA) is 53.7 Å². The van der Waals surface area contributed by atoms with Crippen molar-refractivity contribution in [3.8, 4) is 0 Å². The Morgan fingerprint density at radius 3 is 2.56 bits per heavy atom. The molecule has 1 heterocycles. The van der Waals surface area contributed by atoms with E-state index in [1.54, 1.807) is 11.2 Å². The van der Waals surface area contributed by atoms with Crippen LogP contribution in [0.15, 0.2) is 47.1 Å². The first-order valence-electron chi connectivity index (χ1n) is 5.71. The van der Waals surface area contributed by atoms with E-state index >= 15 is 0 Å². The Kier molecular flexibility index (Phi) is 3.67. The third kappa shape index (κ3) is 2.91. The highest BCUT2D eigenvalue weighted by molar-refractivity contribution is 5.73. The van der Waals surface area contributed by atoms with Crippen LogP contribution in [0.25, 0.3) is 0 Å². The van der Waals surface area contributed by atoms with E-state index in [9.17, 15) is 4.79 Å². The van der Waals surface area contributed by atoms with Gasteiger partial charge in [0.1, 0.15) is 12.3 Å². The SMILES string of the molecule is Cc1ccoc1CN(CC(=O)O)c1ccccc1. The zero-order valence-electron chi connectivity index (χ0n) is 10.2. The lowest BCUT2D eigenvalue weighted by molar-refractivity contribution is -0.135. The molecular formula is C14H15NO3. The van der Waals surface area contributed by atoms with Crippen LogP contribution in [0.3, 0.4) is 0 Å². The van der Waals surface area contributed by atoms with E-state index in [1.165, 1.54) is 0 Å². The summed E-state index contributed by atoms with van der Waals surface area (Å²) in [7, 11) is 0. The first kappa shape index (κ1) is 12.2. The van der Waals surface area contributed by atoms with Crippen LogP contribution < -0.4 is 4.90 Å². The second kappa shape index (κ2) is 5.40. The maximum atomic E-state index is 10.9. The number of benzene rings is 1. The first-order valence-corrected chi connectivity index (χ1v) is 5.71. The van der Waals surface area contributed by atoms with Crippen molar-refractivity contribution in [3.05, 3.63) is 54.0 Å². The van der Waals surface area contributed by atoms with E-state index in [2.05, 4.69) is 0 Å². The van der Waals surface area contributed by atoms with Crippen LogP contribution >= 0.6 is 0 Å². The molecule has 4 heteroatoms. The maximum absolute atomic E-state index is 10.9. The molecule has 0 amide bonds. The number of hydrogen-bond donors (Lipinski definition) is 1. The summed E-state index contributed by atoms with van der Waals surface area (Å²) in [5, 5.41) is 8.97. The number of anilines is 1. The van der Waals surface area contributed by atoms with Crippen LogP contribution in [0.4, 0.5) is 5.69 Å². The fourth-order valence-corrected chi connectivity index (χ4v) is 1.78. The molecule has 0 bridgehead atoms. The van der Waals surface area contributed by atoms with Crippen molar-refractivity contribution >= 4 is 11.7 Å². The summed E-state index contributed by atoms with van der Waals surface area (Å²) in [4.78, 5) is 12.7. The molecule has 4 nitrogen and oxygen atoms in total. The summed E-state index contributed by atoms with van der Waals surface area (Å²) in [6, 6.07) is 11.3. The van der Waals surface area contributed by atoms with Gasteiger partial charge in [-0.25, -0.2) is 0 Å². The Morgan fingerprint density at radius 1 is 1.28 bits per heavy atom. The van der Waals surface area contributed by atoms with Crippen LogP contribution in [0.1, 0.15) is 11.3 Å². The smallest absolute Gasteiger partial charge is 0.323 e. The molecule has 0 atom stereocenters. The third-order valence-electron chi connectivity index (χ3n) is 2.75. The van der Waals surface area contributed by atoms with Crippen molar-refractivity contribution in [2.45, 2.75) is 13.5 Å².